The quantitative estimate of drug-likeness (QED) is 0.502. The Morgan fingerprint density at radius 1 is 1.50 bits per heavy atom. The molecule has 1 unspecified atom stereocenters. The molecule has 18 heavy (non-hydrogen) atoms. The molecular formula is C9H10N2O6S. The summed E-state index contributed by atoms with van der Waals surface area (Å²) in [7, 11) is 0. The van der Waals surface area contributed by atoms with Crippen LogP contribution in [-0.4, -0.2) is 39.7 Å². The molecule has 0 spiro atoms. The molecule has 0 aliphatic carbocycles. The number of carbonyl (C=O) groups is 2. The van der Waals surface area contributed by atoms with E-state index in [-0.39, 0.29) is 22.8 Å². The van der Waals surface area contributed by atoms with Crippen molar-refractivity contribution in [1.82, 2.24) is 5.32 Å². The predicted octanol–water partition coefficient (Wildman–Crippen LogP) is 0.222. The lowest BCUT2D eigenvalue weighted by molar-refractivity contribution is -0.380. The minimum Gasteiger partial charge on any atom is -0.479 e. The summed E-state index contributed by atoms with van der Waals surface area (Å²) in [6.45, 7) is -0.0298. The zero-order chi connectivity index (χ0) is 13.7. The zero-order valence-corrected chi connectivity index (χ0v) is 9.85. The first-order valence-corrected chi connectivity index (χ1v) is 5.66. The van der Waals surface area contributed by atoms with Crippen molar-refractivity contribution < 1.29 is 24.7 Å². The summed E-state index contributed by atoms with van der Waals surface area (Å²) >= 11 is 0.724. The van der Waals surface area contributed by atoms with Gasteiger partial charge < -0.3 is 15.5 Å². The van der Waals surface area contributed by atoms with Crippen LogP contribution in [0.15, 0.2) is 12.1 Å². The fourth-order valence-corrected chi connectivity index (χ4v) is 1.82. The summed E-state index contributed by atoms with van der Waals surface area (Å²) in [6.07, 6.45) is -1.67. The van der Waals surface area contributed by atoms with Gasteiger partial charge in [-0.1, -0.05) is 11.3 Å². The molecule has 98 valence electrons. The normalized spacial score (nSPS) is 11.8. The Morgan fingerprint density at radius 3 is 2.67 bits per heavy atom. The summed E-state index contributed by atoms with van der Waals surface area (Å²) in [5.41, 5.74) is 0. The third-order valence-electron chi connectivity index (χ3n) is 1.98. The van der Waals surface area contributed by atoms with Crippen LogP contribution in [0.5, 0.6) is 0 Å². The van der Waals surface area contributed by atoms with Gasteiger partial charge in [0.2, 0.25) is 0 Å². The number of thiophene rings is 1. The second kappa shape index (κ2) is 6.07. The molecule has 0 radical (unpaired) electrons. The highest BCUT2D eigenvalue weighted by atomic mass is 32.1. The molecule has 0 fully saturated rings. The molecule has 1 aromatic rings. The predicted molar refractivity (Wildman–Crippen MR) is 61.6 cm³/mol. The standard InChI is InChI=1S/C9H10N2O6S/c12-5(9(14)15)3-4-10-8(13)6-1-2-7(18-6)11(16)17/h1-2,5,12H,3-4H2,(H,10,13)(H,14,15). The molecule has 1 heterocycles. The number of aliphatic carboxylic acids is 1. The van der Waals surface area contributed by atoms with Gasteiger partial charge in [-0.2, -0.15) is 0 Å². The average molecular weight is 274 g/mol. The Balaban J connectivity index is 2.45. The minimum atomic E-state index is -1.54. The van der Waals surface area contributed by atoms with Crippen LogP contribution < -0.4 is 5.32 Å². The van der Waals surface area contributed by atoms with Gasteiger partial charge in [-0.05, 0) is 6.07 Å². The molecule has 0 aromatic carbocycles. The summed E-state index contributed by atoms with van der Waals surface area (Å²) < 4.78 is 0. The van der Waals surface area contributed by atoms with Gasteiger partial charge in [-0.25, -0.2) is 4.79 Å². The van der Waals surface area contributed by atoms with E-state index in [0.717, 1.165) is 11.3 Å². The van der Waals surface area contributed by atoms with E-state index in [1.807, 2.05) is 0 Å². The molecule has 1 atom stereocenters. The first kappa shape index (κ1) is 14.1. The Kier molecular flexibility index (Phi) is 4.75. The first-order valence-electron chi connectivity index (χ1n) is 4.85. The fourth-order valence-electron chi connectivity index (χ4n) is 1.08. The number of aliphatic hydroxyl groups excluding tert-OH is 1. The highest BCUT2D eigenvalue weighted by Crippen LogP contribution is 2.23. The average Bonchev–Trinajstić information content (AvgIpc) is 2.77. The van der Waals surface area contributed by atoms with Crippen molar-refractivity contribution >= 4 is 28.2 Å². The maximum Gasteiger partial charge on any atom is 0.332 e. The fraction of sp³-hybridized carbons (Fsp3) is 0.333. The van der Waals surface area contributed by atoms with Crippen molar-refractivity contribution in [2.24, 2.45) is 0 Å². The molecule has 1 aromatic heterocycles. The molecular weight excluding hydrogens is 264 g/mol. The molecule has 0 saturated carbocycles. The second-order valence-corrected chi connectivity index (χ2v) is 4.36. The van der Waals surface area contributed by atoms with Crippen molar-refractivity contribution in [1.29, 1.82) is 0 Å². The number of hydrogen-bond acceptors (Lipinski definition) is 6. The third-order valence-corrected chi connectivity index (χ3v) is 3.02. The van der Waals surface area contributed by atoms with Crippen LogP contribution in [0.1, 0.15) is 16.1 Å². The summed E-state index contributed by atoms with van der Waals surface area (Å²) in [5.74, 6) is -1.90. The van der Waals surface area contributed by atoms with Gasteiger partial charge in [0.25, 0.3) is 5.91 Å². The van der Waals surface area contributed by atoms with E-state index in [1.54, 1.807) is 0 Å². The van der Waals surface area contributed by atoms with E-state index in [0.29, 0.717) is 0 Å². The largest absolute Gasteiger partial charge is 0.479 e. The molecule has 0 saturated heterocycles. The third kappa shape index (κ3) is 3.79. The van der Waals surface area contributed by atoms with Crippen molar-refractivity contribution in [3.63, 3.8) is 0 Å². The van der Waals surface area contributed by atoms with Crippen LogP contribution in [0.25, 0.3) is 0 Å². The molecule has 0 aliphatic heterocycles. The van der Waals surface area contributed by atoms with Crippen LogP contribution in [0.3, 0.4) is 0 Å². The smallest absolute Gasteiger partial charge is 0.332 e. The van der Waals surface area contributed by atoms with Crippen molar-refractivity contribution in [3.8, 4) is 0 Å². The SMILES string of the molecule is O=C(NCCC(O)C(=O)O)c1ccc([N+](=O)[O-])s1. The summed E-state index contributed by atoms with van der Waals surface area (Å²) in [5, 5.41) is 30.0. The van der Waals surface area contributed by atoms with Gasteiger partial charge in [0, 0.05) is 19.0 Å². The highest BCUT2D eigenvalue weighted by Gasteiger charge is 2.16. The Hall–Kier alpha value is -2.00. The van der Waals surface area contributed by atoms with Crippen LogP contribution in [0, 0.1) is 10.1 Å². The number of rotatable bonds is 6. The van der Waals surface area contributed by atoms with Crippen LogP contribution >= 0.6 is 11.3 Å². The highest BCUT2D eigenvalue weighted by molar-refractivity contribution is 7.17. The Morgan fingerprint density at radius 2 is 2.17 bits per heavy atom. The van der Waals surface area contributed by atoms with Gasteiger partial charge in [0.05, 0.1) is 9.80 Å². The maximum atomic E-state index is 11.5. The van der Waals surface area contributed by atoms with Gasteiger partial charge in [0.15, 0.2) is 6.10 Å². The van der Waals surface area contributed by atoms with E-state index in [4.69, 9.17) is 10.2 Å². The summed E-state index contributed by atoms with van der Waals surface area (Å²) in [4.78, 5) is 31.7. The van der Waals surface area contributed by atoms with Crippen LogP contribution in [0.4, 0.5) is 5.00 Å². The van der Waals surface area contributed by atoms with Gasteiger partial charge in [-0.3, -0.25) is 14.9 Å². The summed E-state index contributed by atoms with van der Waals surface area (Å²) in [6, 6.07) is 2.53. The Labute approximate surface area is 105 Å². The van der Waals surface area contributed by atoms with Gasteiger partial charge >= 0.3 is 11.0 Å². The molecule has 9 heteroatoms. The lowest BCUT2D eigenvalue weighted by atomic mass is 10.2. The molecule has 1 rings (SSSR count). The molecule has 0 aliphatic rings. The maximum absolute atomic E-state index is 11.5. The van der Waals surface area contributed by atoms with E-state index in [9.17, 15) is 19.7 Å². The molecule has 8 nitrogen and oxygen atoms in total. The van der Waals surface area contributed by atoms with Crippen LogP contribution in [0.2, 0.25) is 0 Å². The van der Waals surface area contributed by atoms with E-state index in [1.165, 1.54) is 12.1 Å². The number of carboxylic acids is 1. The number of nitrogens with one attached hydrogen (secondary N) is 1. The first-order chi connectivity index (χ1) is 8.41. The Bertz CT molecular complexity index is 471. The lowest BCUT2D eigenvalue weighted by Crippen LogP contribution is -2.29. The number of carboxylic acid groups (broad SMARTS) is 1. The van der Waals surface area contributed by atoms with Crippen molar-refractivity contribution in [2.45, 2.75) is 12.5 Å². The monoisotopic (exact) mass is 274 g/mol. The number of carbonyl (C=O) groups excluding carboxylic acids is 1. The van der Waals surface area contributed by atoms with Crippen molar-refractivity contribution in [3.05, 3.63) is 27.1 Å². The topological polar surface area (TPSA) is 130 Å². The number of hydrogen-bond donors (Lipinski definition) is 3. The molecule has 1 amide bonds. The second-order valence-electron chi connectivity index (χ2n) is 3.29. The van der Waals surface area contributed by atoms with E-state index >= 15 is 0 Å². The molecule has 0 bridgehead atoms. The zero-order valence-electron chi connectivity index (χ0n) is 9.03. The van der Waals surface area contributed by atoms with Crippen LogP contribution in [-0.2, 0) is 4.79 Å². The van der Waals surface area contributed by atoms with Gasteiger partial charge in [0.1, 0.15) is 0 Å². The number of nitrogens with zero attached hydrogens (tertiary/aromatic N) is 1. The minimum absolute atomic E-state index is 0.0298. The van der Waals surface area contributed by atoms with E-state index in [2.05, 4.69) is 5.32 Å². The molecule has 3 N–H and O–H groups in total. The lowest BCUT2D eigenvalue weighted by Gasteiger charge is -2.05. The van der Waals surface area contributed by atoms with Gasteiger partial charge in [-0.15, -0.1) is 0 Å². The van der Waals surface area contributed by atoms with E-state index < -0.39 is 22.9 Å². The number of amides is 1. The number of aliphatic hydroxyl groups is 1. The van der Waals surface area contributed by atoms with Crippen molar-refractivity contribution in [2.75, 3.05) is 6.54 Å². The number of nitro groups is 1.